The molecule has 0 aliphatic carbocycles. The van der Waals surface area contributed by atoms with Crippen molar-refractivity contribution in [2.75, 3.05) is 6.54 Å². The summed E-state index contributed by atoms with van der Waals surface area (Å²) in [7, 11) is 0. The molecule has 1 aromatic carbocycles. The van der Waals surface area contributed by atoms with Crippen molar-refractivity contribution in [3.63, 3.8) is 0 Å². The standard InChI is InChI=1S/C15H16F2N2O4/c1-15(2,3)23-14(22)19-7-11(12(18-19)13(20)21)8-4-9(16)6-10(17)5-8/h4-6,11H,7H2,1-3H3,(H,20,21). The van der Waals surface area contributed by atoms with Gasteiger partial charge in [0.15, 0.2) is 5.71 Å². The molecule has 124 valence electrons. The third kappa shape index (κ3) is 4.02. The first-order valence-electron chi connectivity index (χ1n) is 6.85. The summed E-state index contributed by atoms with van der Waals surface area (Å²) in [5.41, 5.74) is -1.06. The molecule has 2 rings (SSSR count). The number of benzene rings is 1. The van der Waals surface area contributed by atoms with E-state index in [0.29, 0.717) is 6.07 Å². The Morgan fingerprint density at radius 2 is 1.83 bits per heavy atom. The predicted octanol–water partition coefficient (Wildman–Crippen LogP) is 2.74. The van der Waals surface area contributed by atoms with Gasteiger partial charge in [0.2, 0.25) is 0 Å². The quantitative estimate of drug-likeness (QED) is 0.906. The number of hydrogen-bond acceptors (Lipinski definition) is 4. The summed E-state index contributed by atoms with van der Waals surface area (Å²) >= 11 is 0. The molecule has 1 aliphatic rings. The first-order chi connectivity index (χ1) is 10.6. The second kappa shape index (κ2) is 5.94. The Labute approximate surface area is 131 Å². The van der Waals surface area contributed by atoms with E-state index in [9.17, 15) is 23.5 Å². The van der Waals surface area contributed by atoms with Gasteiger partial charge in [-0.1, -0.05) is 0 Å². The second-order valence-corrected chi connectivity index (χ2v) is 6.11. The van der Waals surface area contributed by atoms with Crippen LogP contribution in [0, 0.1) is 11.6 Å². The molecule has 0 radical (unpaired) electrons. The van der Waals surface area contributed by atoms with Crippen LogP contribution in [0.3, 0.4) is 0 Å². The molecule has 8 heteroatoms. The second-order valence-electron chi connectivity index (χ2n) is 6.11. The maximum atomic E-state index is 13.4. The molecular weight excluding hydrogens is 310 g/mol. The number of carboxylic acid groups (broad SMARTS) is 1. The summed E-state index contributed by atoms with van der Waals surface area (Å²) < 4.78 is 31.8. The zero-order valence-electron chi connectivity index (χ0n) is 12.8. The van der Waals surface area contributed by atoms with Crippen LogP contribution < -0.4 is 0 Å². The van der Waals surface area contributed by atoms with E-state index in [2.05, 4.69) is 5.10 Å². The molecule has 6 nitrogen and oxygen atoms in total. The molecule has 1 amide bonds. The molecule has 0 aromatic heterocycles. The van der Waals surface area contributed by atoms with Crippen molar-refractivity contribution in [1.82, 2.24) is 5.01 Å². The third-order valence-corrected chi connectivity index (χ3v) is 3.02. The Balaban J connectivity index is 2.30. The Morgan fingerprint density at radius 3 is 2.30 bits per heavy atom. The van der Waals surface area contributed by atoms with E-state index in [1.165, 1.54) is 0 Å². The first kappa shape index (κ1) is 16.9. The first-order valence-corrected chi connectivity index (χ1v) is 6.85. The smallest absolute Gasteiger partial charge is 0.430 e. The topological polar surface area (TPSA) is 79.2 Å². The minimum atomic E-state index is -1.37. The lowest BCUT2D eigenvalue weighted by Gasteiger charge is -2.22. The number of carbonyl (C=O) groups excluding carboxylic acids is 1. The molecule has 1 aliphatic heterocycles. The minimum absolute atomic E-state index is 0.0923. The average molecular weight is 326 g/mol. The number of ether oxygens (including phenoxy) is 1. The van der Waals surface area contributed by atoms with Gasteiger partial charge in [-0.2, -0.15) is 10.1 Å². The van der Waals surface area contributed by atoms with Gasteiger partial charge in [-0.25, -0.2) is 18.4 Å². The highest BCUT2D eigenvalue weighted by molar-refractivity contribution is 6.38. The highest BCUT2D eigenvalue weighted by Crippen LogP contribution is 2.27. The van der Waals surface area contributed by atoms with Gasteiger partial charge in [-0.3, -0.25) is 0 Å². The van der Waals surface area contributed by atoms with Gasteiger partial charge in [0.25, 0.3) is 0 Å². The fraction of sp³-hybridized carbons (Fsp3) is 0.400. The largest absolute Gasteiger partial charge is 0.477 e. The molecular formula is C15H16F2N2O4. The summed E-state index contributed by atoms with van der Waals surface area (Å²) in [5, 5.41) is 13.8. The molecule has 23 heavy (non-hydrogen) atoms. The predicted molar refractivity (Wildman–Crippen MR) is 77.1 cm³/mol. The molecule has 1 atom stereocenters. The maximum absolute atomic E-state index is 13.4. The lowest BCUT2D eigenvalue weighted by Crippen LogP contribution is -2.33. The van der Waals surface area contributed by atoms with Gasteiger partial charge in [0, 0.05) is 6.07 Å². The third-order valence-electron chi connectivity index (χ3n) is 3.02. The van der Waals surface area contributed by atoms with Crippen LogP contribution in [-0.2, 0) is 9.53 Å². The number of hydrazone groups is 1. The van der Waals surface area contributed by atoms with Crippen molar-refractivity contribution in [2.45, 2.75) is 32.3 Å². The molecule has 1 heterocycles. The Bertz CT molecular complexity index is 662. The van der Waals surface area contributed by atoms with Gasteiger partial charge < -0.3 is 9.84 Å². The van der Waals surface area contributed by atoms with Crippen molar-refractivity contribution >= 4 is 17.8 Å². The Kier molecular flexibility index (Phi) is 4.35. The lowest BCUT2D eigenvalue weighted by atomic mass is 9.94. The van der Waals surface area contributed by atoms with Crippen LogP contribution in [0.25, 0.3) is 0 Å². The molecule has 0 fully saturated rings. The van der Waals surface area contributed by atoms with Crippen molar-refractivity contribution in [2.24, 2.45) is 5.10 Å². The Hall–Kier alpha value is -2.51. The summed E-state index contributed by atoms with van der Waals surface area (Å²) in [6, 6.07) is 2.72. The van der Waals surface area contributed by atoms with Crippen LogP contribution in [0.4, 0.5) is 13.6 Å². The zero-order valence-corrected chi connectivity index (χ0v) is 12.8. The number of amides is 1. The number of halogens is 2. The molecule has 1 unspecified atom stereocenters. The van der Waals surface area contributed by atoms with Gasteiger partial charge in [-0.15, -0.1) is 0 Å². The zero-order chi connectivity index (χ0) is 17.4. The van der Waals surface area contributed by atoms with E-state index in [-0.39, 0.29) is 17.8 Å². The van der Waals surface area contributed by atoms with E-state index < -0.39 is 35.2 Å². The van der Waals surface area contributed by atoms with E-state index in [4.69, 9.17) is 4.74 Å². The van der Waals surface area contributed by atoms with Gasteiger partial charge >= 0.3 is 12.1 Å². The summed E-state index contributed by atoms with van der Waals surface area (Å²) in [6.45, 7) is 4.80. The molecule has 0 spiro atoms. The van der Waals surface area contributed by atoms with Crippen LogP contribution in [0.2, 0.25) is 0 Å². The number of nitrogens with zero attached hydrogens (tertiary/aromatic N) is 2. The van der Waals surface area contributed by atoms with E-state index in [0.717, 1.165) is 17.1 Å². The highest BCUT2D eigenvalue weighted by atomic mass is 19.1. The Morgan fingerprint density at radius 1 is 1.26 bits per heavy atom. The number of aliphatic carboxylic acids is 1. The van der Waals surface area contributed by atoms with Crippen LogP contribution in [0.15, 0.2) is 23.3 Å². The van der Waals surface area contributed by atoms with Crippen molar-refractivity contribution in [3.05, 3.63) is 35.4 Å². The van der Waals surface area contributed by atoms with E-state index in [1.54, 1.807) is 20.8 Å². The van der Waals surface area contributed by atoms with Gasteiger partial charge in [0.05, 0.1) is 12.5 Å². The molecule has 0 saturated heterocycles. The number of hydrogen-bond donors (Lipinski definition) is 1. The highest BCUT2D eigenvalue weighted by Gasteiger charge is 2.37. The fourth-order valence-electron chi connectivity index (χ4n) is 2.16. The van der Waals surface area contributed by atoms with Crippen LogP contribution in [0.1, 0.15) is 32.3 Å². The van der Waals surface area contributed by atoms with E-state index >= 15 is 0 Å². The fourth-order valence-corrected chi connectivity index (χ4v) is 2.16. The van der Waals surface area contributed by atoms with Crippen LogP contribution >= 0.6 is 0 Å². The van der Waals surface area contributed by atoms with Crippen molar-refractivity contribution in [3.8, 4) is 0 Å². The number of carbonyl (C=O) groups is 2. The summed E-state index contributed by atoms with van der Waals surface area (Å²) in [4.78, 5) is 23.3. The van der Waals surface area contributed by atoms with Crippen LogP contribution in [0.5, 0.6) is 0 Å². The lowest BCUT2D eigenvalue weighted by molar-refractivity contribution is -0.129. The number of rotatable bonds is 2. The average Bonchev–Trinajstić information content (AvgIpc) is 2.80. The van der Waals surface area contributed by atoms with Gasteiger partial charge in [-0.05, 0) is 38.5 Å². The van der Waals surface area contributed by atoms with Crippen molar-refractivity contribution in [1.29, 1.82) is 0 Å². The summed E-state index contributed by atoms with van der Waals surface area (Å²) in [6.07, 6.45) is -0.823. The number of carboxylic acids is 1. The minimum Gasteiger partial charge on any atom is -0.477 e. The van der Waals surface area contributed by atoms with Crippen LogP contribution in [-0.4, -0.2) is 40.0 Å². The normalized spacial score (nSPS) is 17.9. The summed E-state index contributed by atoms with van der Waals surface area (Å²) in [5.74, 6) is -3.98. The monoisotopic (exact) mass is 326 g/mol. The molecule has 0 saturated carbocycles. The maximum Gasteiger partial charge on any atom is 0.430 e. The van der Waals surface area contributed by atoms with E-state index in [1.807, 2.05) is 0 Å². The molecule has 1 aromatic rings. The van der Waals surface area contributed by atoms with Crippen molar-refractivity contribution < 1.29 is 28.2 Å². The molecule has 1 N–H and O–H groups in total. The van der Waals surface area contributed by atoms with Gasteiger partial charge in [0.1, 0.15) is 17.2 Å². The molecule has 0 bridgehead atoms. The SMILES string of the molecule is CC(C)(C)OC(=O)N1CC(c2cc(F)cc(F)c2)C(C(=O)O)=N1.